The minimum absolute atomic E-state index is 0.216. The van der Waals surface area contributed by atoms with E-state index in [4.69, 9.17) is 9.52 Å². The van der Waals surface area contributed by atoms with Gasteiger partial charge in [-0.3, -0.25) is 0 Å². The normalized spacial score (nSPS) is 10.1. The van der Waals surface area contributed by atoms with Gasteiger partial charge in [-0.15, -0.1) is 0 Å². The lowest BCUT2D eigenvalue weighted by Crippen LogP contribution is -1.91. The van der Waals surface area contributed by atoms with Gasteiger partial charge in [0, 0.05) is 11.8 Å². The van der Waals surface area contributed by atoms with Gasteiger partial charge in [-0.2, -0.15) is 0 Å². The fraction of sp³-hybridized carbons (Fsp3) is 0.375. The molecule has 0 bridgehead atoms. The van der Waals surface area contributed by atoms with Crippen LogP contribution in [-0.4, -0.2) is 16.8 Å². The smallest absolute Gasteiger partial charge is 0.339 e. The summed E-state index contributed by atoms with van der Waals surface area (Å²) in [6, 6.07) is 1.54. The van der Waals surface area contributed by atoms with Crippen molar-refractivity contribution in [3.8, 4) is 0 Å². The van der Waals surface area contributed by atoms with Crippen LogP contribution < -0.4 is 0 Å². The van der Waals surface area contributed by atoms with Gasteiger partial charge in [0.05, 0.1) is 5.56 Å². The number of hydrogen-bond acceptors (Lipinski definition) is 3. The Morgan fingerprint density at radius 2 is 2.50 bits per heavy atom. The third-order valence-corrected chi connectivity index (χ3v) is 2.38. The highest BCUT2D eigenvalue weighted by atomic mass is 32.2. The lowest BCUT2D eigenvalue weighted by Gasteiger charge is -1.90. The van der Waals surface area contributed by atoms with E-state index in [1.807, 2.05) is 0 Å². The molecule has 0 spiro atoms. The van der Waals surface area contributed by atoms with Crippen LogP contribution in [0.4, 0.5) is 0 Å². The Morgan fingerprint density at radius 3 is 3.00 bits per heavy atom. The van der Waals surface area contributed by atoms with Crippen molar-refractivity contribution in [2.45, 2.75) is 18.4 Å². The Morgan fingerprint density at radius 1 is 1.75 bits per heavy atom. The van der Waals surface area contributed by atoms with Gasteiger partial charge in [0.15, 0.2) is 5.09 Å². The van der Waals surface area contributed by atoms with Gasteiger partial charge in [-0.25, -0.2) is 4.79 Å². The van der Waals surface area contributed by atoms with Crippen molar-refractivity contribution in [2.75, 3.05) is 5.75 Å². The molecule has 0 saturated carbocycles. The third kappa shape index (κ3) is 2.30. The summed E-state index contributed by atoms with van der Waals surface area (Å²) in [6.45, 7) is 2.06. The van der Waals surface area contributed by atoms with Crippen LogP contribution >= 0.6 is 11.8 Å². The molecule has 0 saturated heterocycles. The Bertz CT molecular complexity index is 267. The van der Waals surface area contributed by atoms with E-state index in [0.29, 0.717) is 5.09 Å². The van der Waals surface area contributed by atoms with Crippen LogP contribution in [0.3, 0.4) is 0 Å². The summed E-state index contributed by atoms with van der Waals surface area (Å²) in [4.78, 5) is 10.4. The summed E-state index contributed by atoms with van der Waals surface area (Å²) < 4.78 is 5.01. The zero-order valence-corrected chi connectivity index (χ0v) is 7.56. The SMILES string of the molecule is CCCSc1cc(C(=O)O)co1. The van der Waals surface area contributed by atoms with Gasteiger partial charge in [-0.1, -0.05) is 18.7 Å². The molecule has 0 atom stereocenters. The minimum Gasteiger partial charge on any atom is -0.478 e. The van der Waals surface area contributed by atoms with Gasteiger partial charge in [0.25, 0.3) is 0 Å². The first-order chi connectivity index (χ1) is 5.74. The second-order valence-electron chi connectivity index (χ2n) is 2.31. The van der Waals surface area contributed by atoms with Gasteiger partial charge in [-0.05, 0) is 6.42 Å². The fourth-order valence-corrected chi connectivity index (χ4v) is 1.44. The summed E-state index contributed by atoms with van der Waals surface area (Å²) in [7, 11) is 0. The largest absolute Gasteiger partial charge is 0.478 e. The molecule has 0 aliphatic heterocycles. The van der Waals surface area contributed by atoms with Crippen LogP contribution in [-0.2, 0) is 0 Å². The number of carboxylic acids is 1. The lowest BCUT2D eigenvalue weighted by molar-refractivity contribution is 0.0696. The Kier molecular flexibility index (Phi) is 3.22. The predicted molar refractivity (Wildman–Crippen MR) is 46.7 cm³/mol. The van der Waals surface area contributed by atoms with Gasteiger partial charge < -0.3 is 9.52 Å². The zero-order chi connectivity index (χ0) is 8.97. The van der Waals surface area contributed by atoms with Crippen molar-refractivity contribution in [3.05, 3.63) is 17.9 Å². The van der Waals surface area contributed by atoms with Gasteiger partial charge in [0.2, 0.25) is 0 Å². The quantitative estimate of drug-likeness (QED) is 0.734. The molecule has 4 heteroatoms. The standard InChI is InChI=1S/C8H10O3S/c1-2-3-12-7-4-6(5-11-7)8(9)10/h4-5H,2-3H2,1H3,(H,9,10). The maximum Gasteiger partial charge on any atom is 0.339 e. The van der Waals surface area contributed by atoms with E-state index in [-0.39, 0.29) is 5.56 Å². The summed E-state index contributed by atoms with van der Waals surface area (Å²) in [5.74, 6) is 0.00846. The van der Waals surface area contributed by atoms with Gasteiger partial charge in [0.1, 0.15) is 6.26 Å². The monoisotopic (exact) mass is 186 g/mol. The first-order valence-corrected chi connectivity index (χ1v) is 4.67. The molecule has 0 aliphatic rings. The Labute approximate surface area is 74.8 Å². The molecule has 66 valence electrons. The maximum absolute atomic E-state index is 10.4. The van der Waals surface area contributed by atoms with E-state index >= 15 is 0 Å². The maximum atomic E-state index is 10.4. The topological polar surface area (TPSA) is 50.4 Å². The first kappa shape index (κ1) is 9.19. The van der Waals surface area contributed by atoms with E-state index in [0.717, 1.165) is 12.2 Å². The molecule has 1 N–H and O–H groups in total. The van der Waals surface area contributed by atoms with Crippen LogP contribution in [0, 0.1) is 0 Å². The van der Waals surface area contributed by atoms with Crippen LogP contribution in [0.5, 0.6) is 0 Å². The van der Waals surface area contributed by atoms with Crippen molar-refractivity contribution >= 4 is 17.7 Å². The highest BCUT2D eigenvalue weighted by Gasteiger charge is 2.07. The molecule has 1 rings (SSSR count). The van der Waals surface area contributed by atoms with E-state index in [9.17, 15) is 4.79 Å². The highest BCUT2D eigenvalue weighted by Crippen LogP contribution is 2.21. The Hall–Kier alpha value is -0.900. The number of carbonyl (C=O) groups is 1. The summed E-state index contributed by atoms with van der Waals surface area (Å²) in [5.41, 5.74) is 0.216. The van der Waals surface area contributed by atoms with Crippen molar-refractivity contribution in [1.82, 2.24) is 0 Å². The van der Waals surface area contributed by atoms with E-state index in [1.54, 1.807) is 6.07 Å². The molecule has 0 radical (unpaired) electrons. The van der Waals surface area contributed by atoms with Crippen molar-refractivity contribution in [1.29, 1.82) is 0 Å². The number of carboxylic acid groups (broad SMARTS) is 1. The second kappa shape index (κ2) is 4.21. The Balaban J connectivity index is 2.58. The highest BCUT2D eigenvalue weighted by molar-refractivity contribution is 7.99. The number of furan rings is 1. The number of aromatic carboxylic acids is 1. The molecule has 1 aromatic heterocycles. The minimum atomic E-state index is -0.943. The third-order valence-electron chi connectivity index (χ3n) is 1.27. The molecule has 0 aliphatic carbocycles. The molecule has 0 unspecified atom stereocenters. The second-order valence-corrected chi connectivity index (χ2v) is 3.41. The first-order valence-electron chi connectivity index (χ1n) is 3.68. The summed E-state index contributed by atoms with van der Waals surface area (Å²) in [6.07, 6.45) is 2.31. The molecule has 1 aromatic rings. The van der Waals surface area contributed by atoms with Gasteiger partial charge >= 0.3 is 5.97 Å². The molecular formula is C8H10O3S. The molecule has 0 amide bonds. The molecule has 0 aromatic carbocycles. The average Bonchev–Trinajstić information content (AvgIpc) is 2.48. The molecule has 3 nitrogen and oxygen atoms in total. The number of hydrogen-bond donors (Lipinski definition) is 1. The van der Waals surface area contributed by atoms with Crippen molar-refractivity contribution < 1.29 is 14.3 Å². The fourth-order valence-electron chi connectivity index (χ4n) is 0.707. The summed E-state index contributed by atoms with van der Waals surface area (Å²) >= 11 is 1.53. The van der Waals surface area contributed by atoms with Crippen LogP contribution in [0.2, 0.25) is 0 Å². The predicted octanol–water partition coefficient (Wildman–Crippen LogP) is 2.48. The number of rotatable bonds is 4. The lowest BCUT2D eigenvalue weighted by atomic mass is 10.4. The molecular weight excluding hydrogens is 176 g/mol. The summed E-state index contributed by atoms with van der Waals surface area (Å²) in [5, 5.41) is 9.23. The van der Waals surface area contributed by atoms with E-state index in [1.165, 1.54) is 18.0 Å². The van der Waals surface area contributed by atoms with Crippen molar-refractivity contribution in [3.63, 3.8) is 0 Å². The van der Waals surface area contributed by atoms with E-state index in [2.05, 4.69) is 6.92 Å². The van der Waals surface area contributed by atoms with Crippen LogP contribution in [0.25, 0.3) is 0 Å². The van der Waals surface area contributed by atoms with E-state index < -0.39 is 5.97 Å². The molecule has 12 heavy (non-hydrogen) atoms. The molecule has 0 fully saturated rings. The zero-order valence-electron chi connectivity index (χ0n) is 6.74. The van der Waals surface area contributed by atoms with Crippen LogP contribution in [0.15, 0.2) is 21.8 Å². The van der Waals surface area contributed by atoms with Crippen LogP contribution in [0.1, 0.15) is 23.7 Å². The van der Waals surface area contributed by atoms with Crippen molar-refractivity contribution in [2.24, 2.45) is 0 Å². The number of thioether (sulfide) groups is 1. The molecule has 1 heterocycles. The average molecular weight is 186 g/mol.